The number of rotatable bonds is 5. The average molecular weight is 360 g/mol. The molecule has 1 aromatic heterocycles. The van der Waals surface area contributed by atoms with Crippen LogP contribution in [0.5, 0.6) is 0 Å². The molecule has 0 spiro atoms. The van der Waals surface area contributed by atoms with Crippen LogP contribution in [0.15, 0.2) is 30.6 Å². The highest BCUT2D eigenvalue weighted by molar-refractivity contribution is 7.91. The molecule has 2 aromatic rings. The second-order valence-corrected chi connectivity index (χ2v) is 9.47. The Bertz CT molecular complexity index is 836. The van der Waals surface area contributed by atoms with Crippen LogP contribution in [0.1, 0.15) is 29.4 Å². The summed E-state index contributed by atoms with van der Waals surface area (Å²) in [5.74, 6) is 1.60. The molecule has 0 unspecified atom stereocenters. The number of benzene rings is 1. The van der Waals surface area contributed by atoms with Crippen LogP contribution in [0.3, 0.4) is 0 Å². The van der Waals surface area contributed by atoms with Gasteiger partial charge in [-0.25, -0.2) is 18.1 Å². The molecule has 1 aliphatic heterocycles. The normalized spacial score (nSPS) is 22.6. The number of hydrogen-bond donors (Lipinski definition) is 0. The first-order valence-electron chi connectivity index (χ1n) is 8.88. The summed E-state index contributed by atoms with van der Waals surface area (Å²) in [6, 6.07) is 9.05. The second kappa shape index (κ2) is 6.53. The number of aromatic nitrogens is 3. The van der Waals surface area contributed by atoms with E-state index in [1.807, 2.05) is 7.05 Å². The highest BCUT2D eigenvalue weighted by Crippen LogP contribution is 2.30. The molecule has 0 amide bonds. The summed E-state index contributed by atoms with van der Waals surface area (Å²) in [7, 11) is -0.828. The van der Waals surface area contributed by atoms with Gasteiger partial charge in [0.15, 0.2) is 9.84 Å². The molecular weight excluding hydrogens is 336 g/mol. The van der Waals surface area contributed by atoms with Crippen molar-refractivity contribution in [3.05, 3.63) is 47.5 Å². The van der Waals surface area contributed by atoms with Gasteiger partial charge < -0.3 is 4.90 Å². The van der Waals surface area contributed by atoms with Gasteiger partial charge in [0.05, 0.1) is 17.5 Å². The first-order valence-corrected chi connectivity index (χ1v) is 10.7. The van der Waals surface area contributed by atoms with Crippen molar-refractivity contribution in [2.24, 2.45) is 0 Å². The smallest absolute Gasteiger partial charge is 0.151 e. The van der Waals surface area contributed by atoms with E-state index in [2.05, 4.69) is 43.9 Å². The molecule has 0 bridgehead atoms. The van der Waals surface area contributed by atoms with Crippen LogP contribution in [0.2, 0.25) is 0 Å². The lowest BCUT2D eigenvalue weighted by Gasteiger charge is -2.23. The largest absolute Gasteiger partial charge is 0.302 e. The maximum Gasteiger partial charge on any atom is 0.151 e. The minimum atomic E-state index is -2.84. The van der Waals surface area contributed by atoms with Gasteiger partial charge in [0.2, 0.25) is 0 Å². The molecule has 0 N–H and O–H groups in total. The van der Waals surface area contributed by atoms with Crippen LogP contribution in [0.25, 0.3) is 0 Å². The van der Waals surface area contributed by atoms with E-state index in [0.717, 1.165) is 38.1 Å². The molecule has 1 fully saturated rings. The van der Waals surface area contributed by atoms with E-state index in [4.69, 9.17) is 0 Å². The van der Waals surface area contributed by atoms with Gasteiger partial charge in [-0.1, -0.05) is 24.3 Å². The zero-order chi connectivity index (χ0) is 17.4. The van der Waals surface area contributed by atoms with Crippen molar-refractivity contribution in [1.29, 1.82) is 0 Å². The van der Waals surface area contributed by atoms with Crippen LogP contribution < -0.4 is 0 Å². The fraction of sp³-hybridized carbons (Fsp3) is 0.556. The van der Waals surface area contributed by atoms with Gasteiger partial charge in [-0.3, -0.25) is 0 Å². The van der Waals surface area contributed by atoms with Gasteiger partial charge in [0.25, 0.3) is 0 Å². The van der Waals surface area contributed by atoms with Crippen LogP contribution in [-0.2, 0) is 29.1 Å². The van der Waals surface area contributed by atoms with Crippen molar-refractivity contribution >= 4 is 9.84 Å². The lowest BCUT2D eigenvalue weighted by Crippen LogP contribution is -2.34. The molecule has 7 heteroatoms. The van der Waals surface area contributed by atoms with Gasteiger partial charge in [-0.05, 0) is 37.4 Å². The van der Waals surface area contributed by atoms with E-state index in [1.165, 1.54) is 11.1 Å². The minimum Gasteiger partial charge on any atom is -0.302 e. The Balaban J connectivity index is 1.40. The SMILES string of the molecule is CN(CCc1ncnn1C1Cc2ccccc2C1)[C@H]1CCS(=O)(=O)C1. The average Bonchev–Trinajstić information content (AvgIpc) is 3.29. The summed E-state index contributed by atoms with van der Waals surface area (Å²) in [6.07, 6.45) is 5.17. The third kappa shape index (κ3) is 3.48. The van der Waals surface area contributed by atoms with E-state index in [1.54, 1.807) is 6.33 Å². The van der Waals surface area contributed by atoms with Crippen molar-refractivity contribution in [2.75, 3.05) is 25.1 Å². The molecule has 0 radical (unpaired) electrons. The van der Waals surface area contributed by atoms with Crippen molar-refractivity contribution in [2.45, 2.75) is 37.8 Å². The number of fused-ring (bicyclic) bond motifs is 1. The predicted molar refractivity (Wildman–Crippen MR) is 96.3 cm³/mol. The Labute approximate surface area is 148 Å². The predicted octanol–water partition coefficient (Wildman–Crippen LogP) is 1.28. The molecule has 1 aliphatic carbocycles. The molecule has 0 saturated carbocycles. The molecule has 1 aromatic carbocycles. The molecule has 4 rings (SSSR count). The summed E-state index contributed by atoms with van der Waals surface area (Å²) < 4.78 is 25.4. The van der Waals surface area contributed by atoms with Crippen molar-refractivity contribution in [1.82, 2.24) is 19.7 Å². The summed E-state index contributed by atoms with van der Waals surface area (Å²) in [4.78, 5) is 6.62. The van der Waals surface area contributed by atoms with Crippen molar-refractivity contribution < 1.29 is 8.42 Å². The fourth-order valence-corrected chi connectivity index (χ4v) is 5.85. The molecule has 6 nitrogen and oxygen atoms in total. The maximum absolute atomic E-state index is 11.7. The Kier molecular flexibility index (Phi) is 4.37. The maximum atomic E-state index is 11.7. The third-order valence-electron chi connectivity index (χ3n) is 5.54. The Morgan fingerprint density at radius 2 is 1.96 bits per heavy atom. The van der Waals surface area contributed by atoms with Crippen LogP contribution >= 0.6 is 0 Å². The molecule has 2 heterocycles. The number of nitrogens with zero attached hydrogens (tertiary/aromatic N) is 4. The summed E-state index contributed by atoms with van der Waals surface area (Å²) in [5, 5.41) is 4.47. The molecule has 134 valence electrons. The van der Waals surface area contributed by atoms with Crippen molar-refractivity contribution in [3.63, 3.8) is 0 Å². The van der Waals surface area contributed by atoms with Crippen molar-refractivity contribution in [3.8, 4) is 0 Å². The van der Waals surface area contributed by atoms with E-state index in [0.29, 0.717) is 11.8 Å². The molecule has 2 aliphatic rings. The van der Waals surface area contributed by atoms with E-state index in [-0.39, 0.29) is 11.8 Å². The van der Waals surface area contributed by atoms with Gasteiger partial charge in [0, 0.05) is 19.0 Å². The minimum absolute atomic E-state index is 0.136. The van der Waals surface area contributed by atoms with Gasteiger partial charge in [-0.2, -0.15) is 5.10 Å². The molecule has 1 atom stereocenters. The van der Waals surface area contributed by atoms with Gasteiger partial charge >= 0.3 is 0 Å². The standard InChI is InChI=1S/C18H24N4O2S/c1-21(16-7-9-25(23,24)12-16)8-6-18-19-13-20-22(18)17-10-14-4-2-3-5-15(14)11-17/h2-5,13,16-17H,6-12H2,1H3/t16-/m0/s1. The first kappa shape index (κ1) is 16.7. The molecular formula is C18H24N4O2S. The zero-order valence-corrected chi connectivity index (χ0v) is 15.3. The van der Waals surface area contributed by atoms with E-state index < -0.39 is 9.84 Å². The number of likely N-dealkylation sites (N-methyl/N-ethyl adjacent to an activating group) is 1. The van der Waals surface area contributed by atoms with E-state index in [9.17, 15) is 8.42 Å². The highest BCUT2D eigenvalue weighted by Gasteiger charge is 2.31. The topological polar surface area (TPSA) is 68.1 Å². The van der Waals surface area contributed by atoms with Crippen LogP contribution in [0.4, 0.5) is 0 Å². The molecule has 25 heavy (non-hydrogen) atoms. The first-order chi connectivity index (χ1) is 12.0. The summed E-state index contributed by atoms with van der Waals surface area (Å²) in [5.41, 5.74) is 2.81. The zero-order valence-electron chi connectivity index (χ0n) is 14.5. The highest BCUT2D eigenvalue weighted by atomic mass is 32.2. The monoisotopic (exact) mass is 360 g/mol. The Morgan fingerprint density at radius 3 is 2.60 bits per heavy atom. The van der Waals surface area contributed by atoms with E-state index >= 15 is 0 Å². The summed E-state index contributed by atoms with van der Waals surface area (Å²) in [6.45, 7) is 0.804. The number of sulfone groups is 1. The van der Waals surface area contributed by atoms with Gasteiger partial charge in [0.1, 0.15) is 12.2 Å². The van der Waals surface area contributed by atoms with Crippen LogP contribution in [0, 0.1) is 0 Å². The van der Waals surface area contributed by atoms with Crippen LogP contribution in [-0.4, -0.2) is 59.2 Å². The second-order valence-electron chi connectivity index (χ2n) is 7.24. The lowest BCUT2D eigenvalue weighted by molar-refractivity contribution is 0.261. The third-order valence-corrected chi connectivity index (χ3v) is 7.29. The number of hydrogen-bond acceptors (Lipinski definition) is 5. The lowest BCUT2D eigenvalue weighted by atomic mass is 10.1. The fourth-order valence-electron chi connectivity index (χ4n) is 4.05. The van der Waals surface area contributed by atoms with Gasteiger partial charge in [-0.15, -0.1) is 0 Å². The molecule has 1 saturated heterocycles. The quantitative estimate of drug-likeness (QED) is 0.803. The summed E-state index contributed by atoms with van der Waals surface area (Å²) >= 11 is 0. The Hall–Kier alpha value is -1.73. The Morgan fingerprint density at radius 1 is 1.24 bits per heavy atom.